The minimum absolute atomic E-state index is 0.0799. The predicted molar refractivity (Wildman–Crippen MR) is 117 cm³/mol. The van der Waals surface area contributed by atoms with Gasteiger partial charge in [0.1, 0.15) is 16.9 Å². The van der Waals surface area contributed by atoms with Crippen LogP contribution in [0.15, 0.2) is 41.5 Å². The fourth-order valence-electron chi connectivity index (χ4n) is 3.19. The SMILES string of the molecule is CC(C)CN(C)C(=O)c1cn(C(C)C)cc(C(=O)NCc2ccccc2OC(F)(F)F)c1=O. The molecule has 2 aromatic rings. The van der Waals surface area contributed by atoms with Gasteiger partial charge in [0.2, 0.25) is 5.43 Å². The summed E-state index contributed by atoms with van der Waals surface area (Å²) >= 11 is 0. The van der Waals surface area contributed by atoms with E-state index in [0.717, 1.165) is 6.07 Å². The minimum Gasteiger partial charge on any atom is -0.405 e. The lowest BCUT2D eigenvalue weighted by Gasteiger charge is -2.21. The Morgan fingerprint density at radius 3 is 2.27 bits per heavy atom. The quantitative estimate of drug-likeness (QED) is 0.637. The van der Waals surface area contributed by atoms with Crippen molar-refractivity contribution in [2.75, 3.05) is 13.6 Å². The van der Waals surface area contributed by atoms with E-state index in [-0.39, 0.29) is 35.2 Å². The molecule has 1 N–H and O–H groups in total. The molecule has 1 aromatic carbocycles. The molecule has 2 amide bonds. The Morgan fingerprint density at radius 1 is 1.09 bits per heavy atom. The molecule has 0 spiro atoms. The number of rotatable bonds is 8. The molecule has 2 rings (SSSR count). The summed E-state index contributed by atoms with van der Waals surface area (Å²) < 4.78 is 43.5. The van der Waals surface area contributed by atoms with E-state index >= 15 is 0 Å². The van der Waals surface area contributed by atoms with Crippen molar-refractivity contribution >= 4 is 11.8 Å². The molecule has 10 heteroatoms. The van der Waals surface area contributed by atoms with Gasteiger partial charge in [0.05, 0.1) is 0 Å². The molecule has 0 saturated carbocycles. The van der Waals surface area contributed by atoms with Gasteiger partial charge in [-0.25, -0.2) is 0 Å². The first-order valence-electron chi connectivity index (χ1n) is 10.4. The second-order valence-electron chi connectivity index (χ2n) is 8.37. The zero-order chi connectivity index (χ0) is 24.9. The van der Waals surface area contributed by atoms with Gasteiger partial charge in [-0.1, -0.05) is 32.0 Å². The molecule has 1 heterocycles. The van der Waals surface area contributed by atoms with Gasteiger partial charge in [-0.05, 0) is 25.8 Å². The van der Waals surface area contributed by atoms with E-state index in [1.54, 1.807) is 11.6 Å². The predicted octanol–water partition coefficient (Wildman–Crippen LogP) is 3.99. The normalized spacial score (nSPS) is 11.6. The van der Waals surface area contributed by atoms with E-state index in [2.05, 4.69) is 10.1 Å². The number of amides is 2. The first-order chi connectivity index (χ1) is 15.3. The minimum atomic E-state index is -4.89. The number of hydrogen-bond acceptors (Lipinski definition) is 4. The molecule has 0 aliphatic carbocycles. The average Bonchev–Trinajstić information content (AvgIpc) is 2.70. The first-order valence-corrected chi connectivity index (χ1v) is 10.4. The lowest BCUT2D eigenvalue weighted by molar-refractivity contribution is -0.274. The third-order valence-corrected chi connectivity index (χ3v) is 4.74. The van der Waals surface area contributed by atoms with E-state index in [4.69, 9.17) is 0 Å². The smallest absolute Gasteiger partial charge is 0.405 e. The zero-order valence-corrected chi connectivity index (χ0v) is 19.2. The Bertz CT molecular complexity index is 1060. The molecule has 33 heavy (non-hydrogen) atoms. The zero-order valence-electron chi connectivity index (χ0n) is 19.2. The van der Waals surface area contributed by atoms with Gasteiger partial charge in [-0.15, -0.1) is 13.2 Å². The third kappa shape index (κ3) is 7.10. The number of alkyl halides is 3. The van der Waals surface area contributed by atoms with E-state index in [1.165, 1.54) is 35.5 Å². The number of nitrogens with one attached hydrogen (secondary N) is 1. The first kappa shape index (κ1) is 26.0. The maximum atomic E-state index is 13.0. The Hall–Kier alpha value is -3.30. The standard InChI is InChI=1S/C23H28F3N3O4/c1-14(2)11-28(5)22(32)18-13-29(15(3)4)12-17(20(18)30)21(31)27-10-16-8-6-7-9-19(16)33-23(24,25)26/h6-9,12-15H,10-11H2,1-5H3,(H,27,31). The Labute approximate surface area is 190 Å². The lowest BCUT2D eigenvalue weighted by Crippen LogP contribution is -2.37. The van der Waals surface area contributed by atoms with Gasteiger partial charge in [0.25, 0.3) is 11.8 Å². The van der Waals surface area contributed by atoms with Crippen LogP contribution in [0, 0.1) is 5.92 Å². The second-order valence-corrected chi connectivity index (χ2v) is 8.37. The summed E-state index contributed by atoms with van der Waals surface area (Å²) in [7, 11) is 1.58. The molecule has 0 radical (unpaired) electrons. The molecule has 0 fully saturated rings. The number of nitrogens with zero attached hydrogens (tertiary/aromatic N) is 2. The fourth-order valence-corrected chi connectivity index (χ4v) is 3.19. The molecule has 0 saturated heterocycles. The van der Waals surface area contributed by atoms with E-state index in [9.17, 15) is 27.6 Å². The van der Waals surface area contributed by atoms with Crippen LogP contribution in [0.4, 0.5) is 13.2 Å². The number of benzene rings is 1. The molecule has 1 aromatic heterocycles. The third-order valence-electron chi connectivity index (χ3n) is 4.74. The van der Waals surface area contributed by atoms with Crippen LogP contribution in [0.3, 0.4) is 0 Å². The van der Waals surface area contributed by atoms with Gasteiger partial charge in [0.15, 0.2) is 0 Å². The van der Waals surface area contributed by atoms with Crippen molar-refractivity contribution in [3.05, 3.63) is 63.6 Å². The summed E-state index contributed by atoms with van der Waals surface area (Å²) in [4.78, 5) is 40.1. The Balaban J connectivity index is 2.35. The lowest BCUT2D eigenvalue weighted by atomic mass is 10.1. The summed E-state index contributed by atoms with van der Waals surface area (Å²) in [5, 5.41) is 2.45. The van der Waals surface area contributed by atoms with E-state index in [1.807, 2.05) is 27.7 Å². The monoisotopic (exact) mass is 467 g/mol. The van der Waals surface area contributed by atoms with Crippen molar-refractivity contribution in [3.8, 4) is 5.75 Å². The van der Waals surface area contributed by atoms with Gasteiger partial charge in [0, 0.05) is 44.1 Å². The van der Waals surface area contributed by atoms with Crippen LogP contribution >= 0.6 is 0 Å². The molecule has 0 aliphatic rings. The van der Waals surface area contributed by atoms with Gasteiger partial charge >= 0.3 is 6.36 Å². The summed E-state index contributed by atoms with van der Waals surface area (Å²) in [6.45, 7) is 7.62. The van der Waals surface area contributed by atoms with Crippen LogP contribution in [0.5, 0.6) is 5.75 Å². The molecule has 0 atom stereocenters. The average molecular weight is 467 g/mol. The fraction of sp³-hybridized carbons (Fsp3) is 0.435. The second kappa shape index (κ2) is 10.5. The maximum absolute atomic E-state index is 13.0. The van der Waals surface area contributed by atoms with Crippen LogP contribution < -0.4 is 15.5 Å². The summed E-state index contributed by atoms with van der Waals surface area (Å²) in [5.41, 5.74) is -1.09. The van der Waals surface area contributed by atoms with Crippen molar-refractivity contribution in [2.45, 2.75) is 46.6 Å². The largest absolute Gasteiger partial charge is 0.573 e. The highest BCUT2D eigenvalue weighted by Gasteiger charge is 2.32. The molecule has 0 aliphatic heterocycles. The maximum Gasteiger partial charge on any atom is 0.573 e. The number of hydrogen-bond donors (Lipinski definition) is 1. The molecular formula is C23H28F3N3O4. The topological polar surface area (TPSA) is 80.6 Å². The van der Waals surface area contributed by atoms with Crippen LogP contribution in [0.1, 0.15) is 60.0 Å². The highest BCUT2D eigenvalue weighted by atomic mass is 19.4. The van der Waals surface area contributed by atoms with E-state index in [0.29, 0.717) is 6.54 Å². The number of aromatic nitrogens is 1. The van der Waals surface area contributed by atoms with Crippen molar-refractivity contribution < 1.29 is 27.5 Å². The Morgan fingerprint density at radius 2 is 1.70 bits per heavy atom. The number of ether oxygens (including phenoxy) is 1. The van der Waals surface area contributed by atoms with Crippen molar-refractivity contribution in [3.63, 3.8) is 0 Å². The molecule has 7 nitrogen and oxygen atoms in total. The van der Waals surface area contributed by atoms with Crippen LogP contribution in [0.25, 0.3) is 0 Å². The Kier molecular flexibility index (Phi) is 8.29. The van der Waals surface area contributed by atoms with E-state index < -0.39 is 29.4 Å². The number of halogens is 3. The summed E-state index contributed by atoms with van der Waals surface area (Å²) in [5.74, 6) is -1.60. The summed E-state index contributed by atoms with van der Waals surface area (Å²) in [6, 6.07) is 5.22. The number of para-hydroxylation sites is 1. The van der Waals surface area contributed by atoms with Crippen LogP contribution in [0.2, 0.25) is 0 Å². The van der Waals surface area contributed by atoms with Crippen LogP contribution in [-0.4, -0.2) is 41.2 Å². The number of carbonyl (C=O) groups excluding carboxylic acids is 2. The number of pyridine rings is 1. The highest BCUT2D eigenvalue weighted by Crippen LogP contribution is 2.26. The van der Waals surface area contributed by atoms with Crippen molar-refractivity contribution in [1.29, 1.82) is 0 Å². The molecule has 0 bridgehead atoms. The number of carbonyl (C=O) groups is 2. The van der Waals surface area contributed by atoms with Gasteiger partial charge < -0.3 is 19.5 Å². The molecule has 0 unspecified atom stereocenters. The molecule has 180 valence electrons. The van der Waals surface area contributed by atoms with Crippen molar-refractivity contribution in [2.24, 2.45) is 5.92 Å². The summed E-state index contributed by atoms with van der Waals surface area (Å²) in [6.07, 6.45) is -2.14. The van der Waals surface area contributed by atoms with Gasteiger partial charge in [-0.3, -0.25) is 14.4 Å². The highest BCUT2D eigenvalue weighted by molar-refractivity contribution is 5.99. The van der Waals surface area contributed by atoms with Crippen LogP contribution in [-0.2, 0) is 6.54 Å². The van der Waals surface area contributed by atoms with Crippen molar-refractivity contribution in [1.82, 2.24) is 14.8 Å². The molecular weight excluding hydrogens is 439 g/mol. The van der Waals surface area contributed by atoms with Gasteiger partial charge in [-0.2, -0.15) is 0 Å².